The van der Waals surface area contributed by atoms with Gasteiger partial charge in [-0.1, -0.05) is 42.5 Å². The SMILES string of the molecule is CC(=O)C/C(=N\Nc1nc2ccccc2[nH]1)c1ccccc1. The van der Waals surface area contributed by atoms with E-state index in [1.165, 1.54) is 0 Å². The number of imidazole rings is 1. The molecule has 5 nitrogen and oxygen atoms in total. The van der Waals surface area contributed by atoms with Crippen molar-refractivity contribution >= 4 is 28.5 Å². The summed E-state index contributed by atoms with van der Waals surface area (Å²) in [5.74, 6) is 0.618. The maximum atomic E-state index is 11.4. The van der Waals surface area contributed by atoms with Gasteiger partial charge in [0, 0.05) is 0 Å². The summed E-state index contributed by atoms with van der Waals surface area (Å²) in [5.41, 5.74) is 6.32. The highest BCUT2D eigenvalue weighted by atomic mass is 16.1. The second-order valence-corrected chi connectivity index (χ2v) is 5.02. The fourth-order valence-corrected chi connectivity index (χ4v) is 2.20. The topological polar surface area (TPSA) is 70.1 Å². The van der Waals surface area contributed by atoms with Crippen LogP contribution in [0.3, 0.4) is 0 Å². The Morgan fingerprint density at radius 1 is 1.14 bits per heavy atom. The van der Waals surface area contributed by atoms with E-state index in [4.69, 9.17) is 0 Å². The van der Waals surface area contributed by atoms with Crippen LogP contribution in [0.25, 0.3) is 11.0 Å². The highest BCUT2D eigenvalue weighted by Crippen LogP contribution is 2.14. The zero-order chi connectivity index (χ0) is 15.4. The van der Waals surface area contributed by atoms with Crippen LogP contribution in [0, 0.1) is 0 Å². The van der Waals surface area contributed by atoms with E-state index in [2.05, 4.69) is 20.5 Å². The first-order chi connectivity index (χ1) is 10.7. The third-order valence-corrected chi connectivity index (χ3v) is 3.21. The summed E-state index contributed by atoms with van der Waals surface area (Å²) in [6, 6.07) is 17.4. The van der Waals surface area contributed by atoms with Crippen molar-refractivity contribution in [1.29, 1.82) is 0 Å². The molecule has 0 aliphatic rings. The van der Waals surface area contributed by atoms with Crippen LogP contribution >= 0.6 is 0 Å². The Morgan fingerprint density at radius 2 is 1.86 bits per heavy atom. The van der Waals surface area contributed by atoms with Gasteiger partial charge in [-0.3, -0.25) is 4.79 Å². The lowest BCUT2D eigenvalue weighted by Gasteiger charge is -2.05. The number of nitrogens with zero attached hydrogens (tertiary/aromatic N) is 2. The van der Waals surface area contributed by atoms with Crippen LogP contribution in [-0.4, -0.2) is 21.5 Å². The van der Waals surface area contributed by atoms with Crippen molar-refractivity contribution in [3.8, 4) is 0 Å². The molecular weight excluding hydrogens is 276 g/mol. The van der Waals surface area contributed by atoms with Gasteiger partial charge in [0.05, 0.1) is 23.2 Å². The number of para-hydroxylation sites is 2. The van der Waals surface area contributed by atoms with E-state index in [0.717, 1.165) is 16.6 Å². The number of aromatic nitrogens is 2. The van der Waals surface area contributed by atoms with Gasteiger partial charge in [0.1, 0.15) is 5.78 Å². The molecule has 0 spiro atoms. The van der Waals surface area contributed by atoms with Crippen molar-refractivity contribution < 1.29 is 4.79 Å². The quantitative estimate of drug-likeness (QED) is 0.559. The van der Waals surface area contributed by atoms with E-state index in [0.29, 0.717) is 11.7 Å². The molecule has 110 valence electrons. The lowest BCUT2D eigenvalue weighted by Crippen LogP contribution is -2.09. The summed E-state index contributed by atoms with van der Waals surface area (Å²) >= 11 is 0. The second-order valence-electron chi connectivity index (χ2n) is 5.02. The molecule has 0 unspecified atom stereocenters. The summed E-state index contributed by atoms with van der Waals surface area (Å²) < 4.78 is 0. The highest BCUT2D eigenvalue weighted by molar-refractivity contribution is 6.10. The molecule has 0 atom stereocenters. The number of Topliss-reactive ketones (excluding diaryl/α,β-unsaturated/α-hetero) is 1. The van der Waals surface area contributed by atoms with Gasteiger partial charge in [-0.25, -0.2) is 10.4 Å². The Balaban J connectivity index is 1.87. The average Bonchev–Trinajstić information content (AvgIpc) is 2.95. The van der Waals surface area contributed by atoms with Crippen molar-refractivity contribution in [2.75, 3.05) is 5.43 Å². The lowest BCUT2D eigenvalue weighted by atomic mass is 10.1. The molecule has 0 bridgehead atoms. The zero-order valence-corrected chi connectivity index (χ0v) is 12.2. The second kappa shape index (κ2) is 6.22. The number of rotatable bonds is 5. The number of nitrogens with one attached hydrogen (secondary N) is 2. The van der Waals surface area contributed by atoms with E-state index in [9.17, 15) is 4.79 Å². The number of H-pyrrole nitrogens is 1. The molecule has 3 aromatic rings. The summed E-state index contributed by atoms with van der Waals surface area (Å²) in [6.45, 7) is 1.56. The Bertz CT molecular complexity index is 788. The van der Waals surface area contributed by atoms with Crippen molar-refractivity contribution in [2.24, 2.45) is 5.10 Å². The fourth-order valence-electron chi connectivity index (χ4n) is 2.20. The number of carbonyl (C=O) groups excluding carboxylic acids is 1. The number of hydrogen-bond acceptors (Lipinski definition) is 4. The monoisotopic (exact) mass is 292 g/mol. The maximum Gasteiger partial charge on any atom is 0.222 e. The molecular formula is C17H16N4O. The van der Waals surface area contributed by atoms with Gasteiger partial charge < -0.3 is 4.98 Å². The van der Waals surface area contributed by atoms with Gasteiger partial charge in [0.15, 0.2) is 0 Å². The molecule has 1 heterocycles. The molecule has 3 rings (SSSR count). The minimum absolute atomic E-state index is 0.0639. The van der Waals surface area contributed by atoms with Crippen LogP contribution in [0.5, 0.6) is 0 Å². The van der Waals surface area contributed by atoms with Gasteiger partial charge in [-0.05, 0) is 24.6 Å². The Labute approximate surface area is 128 Å². The smallest absolute Gasteiger partial charge is 0.222 e. The summed E-state index contributed by atoms with van der Waals surface area (Å²) in [5, 5.41) is 4.35. The molecule has 1 aromatic heterocycles. The van der Waals surface area contributed by atoms with Gasteiger partial charge in [-0.15, -0.1) is 0 Å². The molecule has 0 radical (unpaired) electrons. The van der Waals surface area contributed by atoms with Crippen LogP contribution in [0.1, 0.15) is 18.9 Å². The normalized spacial score (nSPS) is 11.6. The summed E-state index contributed by atoms with van der Waals surface area (Å²) in [7, 11) is 0. The Hall–Kier alpha value is -2.95. The molecule has 0 fully saturated rings. The first-order valence-corrected chi connectivity index (χ1v) is 7.04. The standard InChI is InChI=1S/C17H16N4O/c1-12(22)11-16(13-7-3-2-4-8-13)20-21-17-18-14-9-5-6-10-15(14)19-17/h2-10H,11H2,1H3,(H2,18,19,21)/b20-16+. The summed E-state index contributed by atoms with van der Waals surface area (Å²) in [4.78, 5) is 19.0. The molecule has 0 amide bonds. The number of hydrogen-bond donors (Lipinski definition) is 2. The van der Waals surface area contributed by atoms with Crippen molar-refractivity contribution in [1.82, 2.24) is 9.97 Å². The molecule has 2 aromatic carbocycles. The van der Waals surface area contributed by atoms with Crippen LogP contribution in [0.4, 0.5) is 5.95 Å². The minimum Gasteiger partial charge on any atom is -0.323 e. The zero-order valence-electron chi connectivity index (χ0n) is 12.2. The first-order valence-electron chi connectivity index (χ1n) is 7.04. The van der Waals surface area contributed by atoms with Gasteiger partial charge in [0.25, 0.3) is 0 Å². The number of carbonyl (C=O) groups is 1. The molecule has 0 aliphatic heterocycles. The first kappa shape index (κ1) is 14.0. The van der Waals surface area contributed by atoms with Crippen LogP contribution < -0.4 is 5.43 Å². The van der Waals surface area contributed by atoms with E-state index in [-0.39, 0.29) is 12.2 Å². The largest absolute Gasteiger partial charge is 0.323 e. The summed E-state index contributed by atoms with van der Waals surface area (Å²) in [6.07, 6.45) is 0.275. The average molecular weight is 292 g/mol. The van der Waals surface area contributed by atoms with Crippen LogP contribution in [0.15, 0.2) is 59.7 Å². The predicted octanol–water partition coefficient (Wildman–Crippen LogP) is 3.36. The maximum absolute atomic E-state index is 11.4. The van der Waals surface area contributed by atoms with Gasteiger partial charge >= 0.3 is 0 Å². The van der Waals surface area contributed by atoms with Crippen molar-refractivity contribution in [3.05, 3.63) is 60.2 Å². The highest BCUT2D eigenvalue weighted by Gasteiger charge is 2.07. The Kier molecular flexibility index (Phi) is 3.96. The number of fused-ring (bicyclic) bond motifs is 1. The number of ketones is 1. The Morgan fingerprint density at radius 3 is 2.59 bits per heavy atom. The molecule has 0 aliphatic carbocycles. The molecule has 0 saturated carbocycles. The number of hydrazone groups is 1. The van der Waals surface area contributed by atoms with Crippen molar-refractivity contribution in [2.45, 2.75) is 13.3 Å². The number of benzene rings is 2. The molecule has 2 N–H and O–H groups in total. The van der Waals surface area contributed by atoms with Gasteiger partial charge in [-0.2, -0.15) is 5.10 Å². The third kappa shape index (κ3) is 3.20. The fraction of sp³-hybridized carbons (Fsp3) is 0.118. The van der Waals surface area contributed by atoms with Crippen LogP contribution in [-0.2, 0) is 4.79 Å². The van der Waals surface area contributed by atoms with E-state index < -0.39 is 0 Å². The molecule has 5 heteroatoms. The van der Waals surface area contributed by atoms with Gasteiger partial charge in [0.2, 0.25) is 5.95 Å². The third-order valence-electron chi connectivity index (χ3n) is 3.21. The van der Waals surface area contributed by atoms with E-state index in [1.54, 1.807) is 6.92 Å². The van der Waals surface area contributed by atoms with Crippen LogP contribution in [0.2, 0.25) is 0 Å². The van der Waals surface area contributed by atoms with E-state index >= 15 is 0 Å². The molecule has 22 heavy (non-hydrogen) atoms. The number of anilines is 1. The molecule has 0 saturated heterocycles. The predicted molar refractivity (Wildman–Crippen MR) is 88.0 cm³/mol. The van der Waals surface area contributed by atoms with Crippen molar-refractivity contribution in [3.63, 3.8) is 0 Å². The lowest BCUT2D eigenvalue weighted by molar-refractivity contribution is -0.115. The van der Waals surface area contributed by atoms with E-state index in [1.807, 2.05) is 54.6 Å². The number of aromatic amines is 1. The minimum atomic E-state index is 0.0639.